The molecule has 0 bridgehead atoms. The summed E-state index contributed by atoms with van der Waals surface area (Å²) >= 11 is 1.46. The molecule has 0 radical (unpaired) electrons. The fourth-order valence-electron chi connectivity index (χ4n) is 7.56. The largest absolute Gasteiger partial charge is 0.496 e. The van der Waals surface area contributed by atoms with E-state index in [1.54, 1.807) is 20.1 Å². The molecule has 2 aliphatic carbocycles. The van der Waals surface area contributed by atoms with Crippen molar-refractivity contribution >= 4 is 51.2 Å². The average Bonchev–Trinajstić information content (AvgIpc) is 3.46. The van der Waals surface area contributed by atoms with Gasteiger partial charge in [-0.25, -0.2) is 19.6 Å². The first-order valence-corrected chi connectivity index (χ1v) is 19.5. The molecule has 55 heavy (non-hydrogen) atoms. The van der Waals surface area contributed by atoms with Crippen molar-refractivity contribution in [1.29, 1.82) is 0 Å². The number of benzene rings is 1. The van der Waals surface area contributed by atoms with E-state index in [-0.39, 0.29) is 25.4 Å². The predicted octanol–water partition coefficient (Wildman–Crippen LogP) is 5.99. The van der Waals surface area contributed by atoms with Gasteiger partial charge in [-0.3, -0.25) is 9.59 Å². The Bertz CT molecular complexity index is 2020. The van der Waals surface area contributed by atoms with E-state index >= 15 is 0 Å². The number of fused-ring (bicyclic) bond motifs is 1. The minimum Gasteiger partial charge on any atom is -0.496 e. The second-order valence-electron chi connectivity index (χ2n) is 15.4. The Kier molecular flexibility index (Phi) is 11.1. The Morgan fingerprint density at radius 1 is 1.13 bits per heavy atom. The standard InChI is InChI=1S/C40H50N6O8S/c1-9-24-18-40(24,36(49)50)45-34(47)29-16-25(19-46(29)35(48)32(21(2)3)44-38(51)54-39(7)14-10-11-15-39)53-31-17-27(28-20-55-37(43-28)41-22(4)5)42-33-23(6)30(52-8)13-12-26(31)33/h9,12-13,17,20,22,24-25,29,32H,1-2,10-11,14-16,18-19H2,3-8H3,(H,41,43)(H,44,51)(H,45,47)(H,49,50)/t24-,25-,29+,32+,40-/m1/s1. The number of ether oxygens (including phenoxy) is 3. The second kappa shape index (κ2) is 15.5. The summed E-state index contributed by atoms with van der Waals surface area (Å²) in [5.74, 6) is -1.81. The normalized spacial score (nSPS) is 23.2. The van der Waals surface area contributed by atoms with Crippen LogP contribution in [0.2, 0.25) is 0 Å². The lowest BCUT2D eigenvalue weighted by molar-refractivity contribution is -0.145. The van der Waals surface area contributed by atoms with Gasteiger partial charge in [-0.05, 0) is 84.4 Å². The van der Waals surface area contributed by atoms with Crippen molar-refractivity contribution in [1.82, 2.24) is 25.5 Å². The minimum atomic E-state index is -1.53. The fourth-order valence-corrected chi connectivity index (χ4v) is 8.42. The number of aliphatic carboxylic acids is 1. The molecule has 1 aliphatic heterocycles. The number of anilines is 1. The van der Waals surface area contributed by atoms with E-state index in [4.69, 9.17) is 24.2 Å². The van der Waals surface area contributed by atoms with Gasteiger partial charge in [0, 0.05) is 40.8 Å². The molecular formula is C40H50N6O8S. The van der Waals surface area contributed by atoms with Crippen LogP contribution in [0.4, 0.5) is 9.93 Å². The maximum Gasteiger partial charge on any atom is 0.408 e. The van der Waals surface area contributed by atoms with Crippen LogP contribution in [0.5, 0.6) is 11.5 Å². The number of pyridine rings is 1. The maximum atomic E-state index is 14.4. The highest BCUT2D eigenvalue weighted by atomic mass is 32.1. The maximum absolute atomic E-state index is 14.4. The molecule has 3 heterocycles. The Morgan fingerprint density at radius 2 is 1.85 bits per heavy atom. The third-order valence-corrected chi connectivity index (χ3v) is 11.5. The van der Waals surface area contributed by atoms with Crippen LogP contribution in [0.15, 0.2) is 48.4 Å². The number of alkyl carbamates (subject to hydrolysis) is 1. The van der Waals surface area contributed by atoms with Gasteiger partial charge < -0.3 is 40.2 Å². The molecule has 1 aromatic carbocycles. The minimum absolute atomic E-state index is 0.0326. The van der Waals surface area contributed by atoms with E-state index in [2.05, 4.69) is 29.1 Å². The first kappa shape index (κ1) is 39.5. The second-order valence-corrected chi connectivity index (χ2v) is 16.3. The number of aromatic nitrogens is 2. The molecule has 5 atom stereocenters. The summed E-state index contributed by atoms with van der Waals surface area (Å²) in [6.07, 6.45) is 3.53. The molecule has 6 rings (SSSR count). The molecular weight excluding hydrogens is 725 g/mol. The van der Waals surface area contributed by atoms with E-state index < -0.39 is 59.1 Å². The molecule has 0 unspecified atom stereocenters. The van der Waals surface area contributed by atoms with Crippen LogP contribution in [0, 0.1) is 12.8 Å². The first-order valence-electron chi connectivity index (χ1n) is 18.6. The van der Waals surface area contributed by atoms with Gasteiger partial charge in [0.1, 0.15) is 46.5 Å². The third-order valence-electron chi connectivity index (χ3n) is 10.7. The summed E-state index contributed by atoms with van der Waals surface area (Å²) in [7, 11) is 1.59. The van der Waals surface area contributed by atoms with Crippen molar-refractivity contribution in [2.24, 2.45) is 5.92 Å². The summed E-state index contributed by atoms with van der Waals surface area (Å²) < 4.78 is 18.1. The van der Waals surface area contributed by atoms with Gasteiger partial charge in [-0.2, -0.15) is 0 Å². The summed E-state index contributed by atoms with van der Waals surface area (Å²) in [5.41, 5.74) is 0.782. The Labute approximate surface area is 324 Å². The number of methoxy groups -OCH3 is 1. The lowest BCUT2D eigenvalue weighted by atomic mass is 10.1. The number of carbonyl (C=O) groups excluding carboxylic acids is 3. The molecule has 14 nitrogen and oxygen atoms in total. The molecule has 0 spiro atoms. The van der Waals surface area contributed by atoms with Crippen LogP contribution >= 0.6 is 11.3 Å². The molecule has 3 fully saturated rings. The van der Waals surface area contributed by atoms with Crippen molar-refractivity contribution in [3.8, 4) is 22.9 Å². The lowest BCUT2D eigenvalue weighted by Gasteiger charge is -2.30. The molecule has 2 saturated carbocycles. The van der Waals surface area contributed by atoms with Gasteiger partial charge in [-0.15, -0.1) is 17.9 Å². The predicted molar refractivity (Wildman–Crippen MR) is 209 cm³/mol. The Hall–Kier alpha value is -5.18. The average molecular weight is 775 g/mol. The van der Waals surface area contributed by atoms with E-state index in [1.807, 2.05) is 45.2 Å². The van der Waals surface area contributed by atoms with Gasteiger partial charge in [0.2, 0.25) is 11.8 Å². The molecule has 294 valence electrons. The van der Waals surface area contributed by atoms with E-state index in [0.29, 0.717) is 52.2 Å². The Morgan fingerprint density at radius 3 is 2.47 bits per heavy atom. The Balaban J connectivity index is 1.33. The monoisotopic (exact) mass is 774 g/mol. The van der Waals surface area contributed by atoms with Crippen molar-refractivity contribution in [2.75, 3.05) is 19.0 Å². The van der Waals surface area contributed by atoms with Crippen molar-refractivity contribution < 1.29 is 38.5 Å². The molecule has 3 aromatic rings. The highest BCUT2D eigenvalue weighted by molar-refractivity contribution is 7.14. The highest BCUT2D eigenvalue weighted by Crippen LogP contribution is 2.45. The topological polar surface area (TPSA) is 181 Å². The zero-order valence-corrected chi connectivity index (χ0v) is 33.0. The molecule has 15 heteroatoms. The van der Waals surface area contributed by atoms with Crippen LogP contribution in [-0.4, -0.2) is 92.9 Å². The molecule has 1 saturated heterocycles. The number of nitrogens with zero attached hydrogens (tertiary/aromatic N) is 3. The van der Waals surface area contributed by atoms with Gasteiger partial charge in [0.15, 0.2) is 5.13 Å². The number of aryl methyl sites for hydroxylation is 1. The number of carbonyl (C=O) groups is 4. The van der Waals surface area contributed by atoms with Crippen LogP contribution in [0.25, 0.3) is 22.3 Å². The van der Waals surface area contributed by atoms with Crippen LogP contribution in [-0.2, 0) is 19.1 Å². The quantitative estimate of drug-likeness (QED) is 0.141. The van der Waals surface area contributed by atoms with Crippen LogP contribution < -0.4 is 25.4 Å². The summed E-state index contributed by atoms with van der Waals surface area (Å²) in [6.45, 7) is 17.1. The lowest BCUT2D eigenvalue weighted by Crippen LogP contribution is -2.56. The molecule has 2 aromatic heterocycles. The summed E-state index contributed by atoms with van der Waals surface area (Å²) in [4.78, 5) is 65.1. The SMILES string of the molecule is C=C[C@@H]1C[C@]1(NC(=O)[C@@H]1C[C@@H](Oc2cc(-c3csc(NC(C)C)n3)nc3c(C)c(OC)ccc23)CN1C(=O)[C@@H](NC(=O)OC1(C)CCCC1)C(=C)C)C(=O)O. The number of carboxylic acids is 1. The number of rotatable bonds is 14. The summed E-state index contributed by atoms with van der Waals surface area (Å²) in [6, 6.07) is 3.29. The highest BCUT2D eigenvalue weighted by Gasteiger charge is 2.61. The van der Waals surface area contributed by atoms with Crippen molar-refractivity contribution in [3.63, 3.8) is 0 Å². The number of hydrogen-bond acceptors (Lipinski definition) is 11. The number of nitrogens with one attached hydrogen (secondary N) is 3. The van der Waals surface area contributed by atoms with Gasteiger partial charge in [-0.1, -0.05) is 12.7 Å². The first-order chi connectivity index (χ1) is 26.1. The number of thiazole rings is 1. The van der Waals surface area contributed by atoms with E-state index in [1.165, 1.54) is 22.3 Å². The van der Waals surface area contributed by atoms with Crippen molar-refractivity contribution in [2.45, 2.75) is 109 Å². The van der Waals surface area contributed by atoms with Gasteiger partial charge >= 0.3 is 12.1 Å². The number of amides is 3. The van der Waals surface area contributed by atoms with Crippen LogP contribution in [0.3, 0.4) is 0 Å². The molecule has 4 N–H and O–H groups in total. The van der Waals surface area contributed by atoms with Crippen molar-refractivity contribution in [3.05, 3.63) is 53.9 Å². The smallest absolute Gasteiger partial charge is 0.408 e. The zero-order valence-electron chi connectivity index (χ0n) is 32.2. The number of carboxylic acid groups (broad SMARTS) is 1. The number of hydrogen-bond donors (Lipinski definition) is 4. The van der Waals surface area contributed by atoms with Gasteiger partial charge in [0.25, 0.3) is 0 Å². The van der Waals surface area contributed by atoms with E-state index in [9.17, 15) is 24.3 Å². The molecule has 3 amide bonds. The zero-order chi connectivity index (χ0) is 39.8. The van der Waals surface area contributed by atoms with Gasteiger partial charge in [0.05, 0.1) is 24.9 Å². The molecule has 3 aliphatic rings. The summed E-state index contributed by atoms with van der Waals surface area (Å²) in [5, 5.41) is 22.1. The van der Waals surface area contributed by atoms with Crippen LogP contribution in [0.1, 0.15) is 71.8 Å². The number of likely N-dealkylation sites (tertiary alicyclic amines) is 1. The third kappa shape index (κ3) is 8.12. The fraction of sp³-hybridized carbons (Fsp3) is 0.500. The van der Waals surface area contributed by atoms with E-state index in [0.717, 1.165) is 23.5 Å².